The first-order valence-corrected chi connectivity index (χ1v) is 7.44. The maximum Gasteiger partial charge on any atom is 0.283 e. The Morgan fingerprint density at radius 2 is 2.14 bits per heavy atom. The zero-order valence-corrected chi connectivity index (χ0v) is 12.8. The zero-order chi connectivity index (χ0) is 15.7. The van der Waals surface area contributed by atoms with Gasteiger partial charge >= 0.3 is 0 Å². The van der Waals surface area contributed by atoms with Crippen molar-refractivity contribution in [2.24, 2.45) is 12.0 Å². The van der Waals surface area contributed by atoms with Crippen molar-refractivity contribution in [2.75, 3.05) is 0 Å². The van der Waals surface area contributed by atoms with Gasteiger partial charge in [0.2, 0.25) is 0 Å². The van der Waals surface area contributed by atoms with Gasteiger partial charge in [0.25, 0.3) is 5.91 Å². The Kier molecular flexibility index (Phi) is 3.72. The number of para-hydroxylation sites is 1. The molecule has 0 aliphatic rings. The summed E-state index contributed by atoms with van der Waals surface area (Å²) in [7, 11) is 1.82. The molecule has 0 aliphatic heterocycles. The van der Waals surface area contributed by atoms with Crippen molar-refractivity contribution in [1.29, 1.82) is 0 Å². The number of rotatable bonds is 2. The first kappa shape index (κ1) is 14.4. The fraction of sp³-hybridized carbons (Fsp3) is 0.133. The minimum Gasteiger partial charge on any atom is -0.327 e. The molecule has 0 saturated heterocycles. The predicted octanol–water partition coefficient (Wildman–Crippen LogP) is 2.46. The number of thiazole rings is 1. The van der Waals surface area contributed by atoms with E-state index >= 15 is 0 Å². The van der Waals surface area contributed by atoms with Gasteiger partial charge in [-0.05, 0) is 19.1 Å². The topological polar surface area (TPSA) is 52.2 Å². The van der Waals surface area contributed by atoms with E-state index in [1.165, 1.54) is 28.3 Å². The van der Waals surface area contributed by atoms with E-state index < -0.39 is 11.7 Å². The van der Waals surface area contributed by atoms with Gasteiger partial charge in [-0.15, -0.1) is 11.3 Å². The predicted molar refractivity (Wildman–Crippen MR) is 81.4 cm³/mol. The number of halogens is 1. The summed E-state index contributed by atoms with van der Waals surface area (Å²) in [6.45, 7) is 1.72. The Morgan fingerprint density at radius 1 is 1.36 bits per heavy atom. The van der Waals surface area contributed by atoms with Crippen molar-refractivity contribution in [1.82, 2.24) is 14.3 Å². The summed E-state index contributed by atoms with van der Waals surface area (Å²) in [6, 6.07) is 6.29. The fourth-order valence-corrected chi connectivity index (χ4v) is 2.80. The first-order valence-electron chi connectivity index (χ1n) is 6.56. The Hall–Kier alpha value is -2.54. The van der Waals surface area contributed by atoms with Crippen LogP contribution in [0.4, 0.5) is 4.39 Å². The lowest BCUT2D eigenvalue weighted by atomic mass is 10.2. The molecule has 112 valence electrons. The maximum absolute atomic E-state index is 13.9. The molecule has 7 heteroatoms. The molecular formula is C15H13FN4OS. The molecule has 0 atom stereocenters. The largest absolute Gasteiger partial charge is 0.327 e. The van der Waals surface area contributed by atoms with Crippen LogP contribution in [0.15, 0.2) is 47.0 Å². The minimum absolute atomic E-state index is 0.306. The van der Waals surface area contributed by atoms with Crippen molar-refractivity contribution < 1.29 is 9.18 Å². The number of nitrogens with zero attached hydrogens (tertiary/aromatic N) is 4. The summed E-state index contributed by atoms with van der Waals surface area (Å²) in [5.41, 5.74) is 1.22. The van der Waals surface area contributed by atoms with Crippen LogP contribution in [-0.4, -0.2) is 20.3 Å². The second-order valence-electron chi connectivity index (χ2n) is 4.72. The van der Waals surface area contributed by atoms with Crippen molar-refractivity contribution >= 4 is 17.2 Å². The monoisotopic (exact) mass is 316 g/mol. The number of hydrogen-bond donors (Lipinski definition) is 0. The highest BCUT2D eigenvalue weighted by molar-refractivity contribution is 7.07. The molecule has 1 aromatic carbocycles. The second-order valence-corrected chi connectivity index (χ2v) is 5.59. The van der Waals surface area contributed by atoms with Gasteiger partial charge in [-0.2, -0.15) is 10.1 Å². The van der Waals surface area contributed by atoms with E-state index in [0.717, 1.165) is 0 Å². The fourth-order valence-electron chi connectivity index (χ4n) is 2.07. The molecule has 0 bridgehead atoms. The Balaban J connectivity index is 2.03. The third kappa shape index (κ3) is 2.50. The van der Waals surface area contributed by atoms with E-state index in [2.05, 4.69) is 10.1 Å². The van der Waals surface area contributed by atoms with E-state index in [0.29, 0.717) is 21.7 Å². The molecule has 5 nitrogen and oxygen atoms in total. The van der Waals surface area contributed by atoms with E-state index in [9.17, 15) is 9.18 Å². The number of aromatic nitrogens is 3. The summed E-state index contributed by atoms with van der Waals surface area (Å²) in [4.78, 5) is 17.0. The molecule has 2 aromatic heterocycles. The SMILES string of the molecule is Cc1c(C(=O)N=c2sccn2C)cnn1-c1ccccc1F. The standard InChI is InChI=1S/C15H13FN4OS/c1-10-11(14(21)18-15-19(2)7-8-22-15)9-17-20(10)13-6-4-3-5-12(13)16/h3-9H,1-2H3. The molecule has 0 radical (unpaired) electrons. The van der Waals surface area contributed by atoms with Crippen molar-refractivity contribution in [2.45, 2.75) is 6.92 Å². The van der Waals surface area contributed by atoms with Gasteiger partial charge in [0, 0.05) is 18.6 Å². The van der Waals surface area contributed by atoms with Crippen LogP contribution in [0, 0.1) is 12.7 Å². The third-order valence-corrected chi connectivity index (χ3v) is 4.13. The highest BCUT2D eigenvalue weighted by atomic mass is 32.1. The van der Waals surface area contributed by atoms with Crippen LogP contribution < -0.4 is 4.80 Å². The molecule has 0 spiro atoms. The quantitative estimate of drug-likeness (QED) is 0.729. The van der Waals surface area contributed by atoms with Crippen molar-refractivity contribution in [3.05, 3.63) is 63.9 Å². The number of aryl methyl sites for hydroxylation is 1. The molecule has 3 rings (SSSR count). The maximum atomic E-state index is 13.9. The van der Waals surface area contributed by atoms with Crippen LogP contribution in [-0.2, 0) is 7.05 Å². The van der Waals surface area contributed by atoms with Gasteiger partial charge in [0.1, 0.15) is 11.5 Å². The average Bonchev–Trinajstić information content (AvgIpc) is 3.06. The van der Waals surface area contributed by atoms with Crippen LogP contribution in [0.1, 0.15) is 16.1 Å². The number of hydrogen-bond acceptors (Lipinski definition) is 3. The summed E-state index contributed by atoms with van der Waals surface area (Å²) < 4.78 is 17.0. The smallest absolute Gasteiger partial charge is 0.283 e. The van der Waals surface area contributed by atoms with E-state index in [-0.39, 0.29) is 0 Å². The first-order chi connectivity index (χ1) is 10.6. The molecule has 0 fully saturated rings. The Labute approximate surface area is 130 Å². The Morgan fingerprint density at radius 3 is 2.82 bits per heavy atom. The highest BCUT2D eigenvalue weighted by Crippen LogP contribution is 2.17. The van der Waals surface area contributed by atoms with Crippen LogP contribution in [0.5, 0.6) is 0 Å². The number of carbonyl (C=O) groups is 1. The summed E-state index contributed by atoms with van der Waals surface area (Å²) in [5.74, 6) is -0.785. The van der Waals surface area contributed by atoms with Gasteiger partial charge in [0.05, 0.1) is 17.5 Å². The van der Waals surface area contributed by atoms with Crippen LogP contribution in [0.3, 0.4) is 0 Å². The molecule has 2 heterocycles. The van der Waals surface area contributed by atoms with Crippen LogP contribution in [0.2, 0.25) is 0 Å². The van der Waals surface area contributed by atoms with E-state index in [1.54, 1.807) is 29.7 Å². The molecule has 22 heavy (non-hydrogen) atoms. The van der Waals surface area contributed by atoms with Crippen molar-refractivity contribution in [3.63, 3.8) is 0 Å². The minimum atomic E-state index is -0.394. The van der Waals surface area contributed by atoms with Crippen molar-refractivity contribution in [3.8, 4) is 5.69 Å². The van der Waals surface area contributed by atoms with Gasteiger partial charge in [-0.25, -0.2) is 9.07 Å². The lowest BCUT2D eigenvalue weighted by Crippen LogP contribution is -2.13. The Bertz CT molecular complexity index is 906. The van der Waals surface area contributed by atoms with Gasteiger partial charge in [0.15, 0.2) is 4.80 Å². The highest BCUT2D eigenvalue weighted by Gasteiger charge is 2.16. The second kappa shape index (κ2) is 5.69. The van der Waals surface area contributed by atoms with E-state index in [1.807, 2.05) is 18.6 Å². The molecule has 0 unspecified atom stereocenters. The molecule has 1 amide bonds. The van der Waals surface area contributed by atoms with Crippen LogP contribution >= 0.6 is 11.3 Å². The summed E-state index contributed by atoms with van der Waals surface area (Å²) in [6.07, 6.45) is 3.24. The number of benzene rings is 1. The lowest BCUT2D eigenvalue weighted by molar-refractivity contribution is 0.0997. The lowest BCUT2D eigenvalue weighted by Gasteiger charge is -2.05. The molecule has 3 aromatic rings. The summed E-state index contributed by atoms with van der Waals surface area (Å²) in [5, 5.41) is 5.96. The third-order valence-electron chi connectivity index (χ3n) is 3.28. The zero-order valence-electron chi connectivity index (χ0n) is 12.0. The number of carbonyl (C=O) groups excluding carboxylic acids is 1. The molecule has 0 saturated carbocycles. The average molecular weight is 316 g/mol. The van der Waals surface area contributed by atoms with Crippen LogP contribution in [0.25, 0.3) is 5.69 Å². The molecule has 0 N–H and O–H groups in total. The van der Waals surface area contributed by atoms with Gasteiger partial charge < -0.3 is 4.57 Å². The van der Waals surface area contributed by atoms with Gasteiger partial charge in [-0.1, -0.05) is 12.1 Å². The van der Waals surface area contributed by atoms with Gasteiger partial charge in [-0.3, -0.25) is 4.79 Å². The normalized spacial score (nSPS) is 11.9. The number of amides is 1. The summed E-state index contributed by atoms with van der Waals surface area (Å²) >= 11 is 1.37. The van der Waals surface area contributed by atoms with E-state index in [4.69, 9.17) is 0 Å². The molecule has 0 aliphatic carbocycles. The molecular weight excluding hydrogens is 303 g/mol.